The monoisotopic (exact) mass is 738 g/mol. The minimum Gasteiger partial charge on any atom is -0.463 e. The molecule has 0 rings (SSSR count). The highest BCUT2D eigenvalue weighted by molar-refractivity contribution is 14.1. The summed E-state index contributed by atoms with van der Waals surface area (Å²) in [5, 5.41) is 0. The molecular weight excluding hydrogens is 679 g/mol. The summed E-state index contributed by atoms with van der Waals surface area (Å²) in [6.45, 7) is 13.0. The number of unbranched alkanes of at least 4 members (excludes halogenated alkanes) is 4. The quantitative estimate of drug-likeness (QED) is 0.0400. The molecule has 0 saturated heterocycles. The fourth-order valence-electron chi connectivity index (χ4n) is 3.30. The van der Waals surface area contributed by atoms with Gasteiger partial charge in [-0.25, -0.2) is 0 Å². The Hall–Kier alpha value is -0.200. The van der Waals surface area contributed by atoms with Crippen LogP contribution in [0.2, 0.25) is 0 Å². The highest BCUT2D eigenvalue weighted by Crippen LogP contribution is 2.05. The molecule has 0 fully saturated rings. The zero-order valence-corrected chi connectivity index (χ0v) is 28.7. The summed E-state index contributed by atoms with van der Waals surface area (Å²) in [4.78, 5) is 11.6. The first-order valence-electron chi connectivity index (χ1n) is 15.8. The van der Waals surface area contributed by atoms with Gasteiger partial charge in [-0.3, -0.25) is 4.79 Å². The minimum absolute atomic E-state index is 0.145. The first kappa shape index (κ1) is 42.8. The average Bonchev–Trinajstić information content (AvgIpc) is 3.01. The van der Waals surface area contributed by atoms with Gasteiger partial charge in [0.2, 0.25) is 0 Å². The molecular formula is C30H59IO12. The highest BCUT2D eigenvalue weighted by Gasteiger charge is 2.02. The van der Waals surface area contributed by atoms with Crippen LogP contribution in [-0.2, 0) is 56.9 Å². The number of rotatable bonds is 38. The van der Waals surface area contributed by atoms with Gasteiger partial charge in [-0.15, -0.1) is 0 Å². The number of halogens is 1. The summed E-state index contributed by atoms with van der Waals surface area (Å²) in [6, 6.07) is 0. The van der Waals surface area contributed by atoms with E-state index in [4.69, 9.17) is 52.1 Å². The molecule has 0 aromatic carbocycles. The summed E-state index contributed by atoms with van der Waals surface area (Å²) in [5.74, 6) is -0.145. The Morgan fingerprint density at radius 2 is 0.674 bits per heavy atom. The van der Waals surface area contributed by atoms with Crippen LogP contribution in [0.4, 0.5) is 0 Å². The molecule has 0 atom stereocenters. The van der Waals surface area contributed by atoms with Crippen molar-refractivity contribution in [1.82, 2.24) is 0 Å². The third-order valence-electron chi connectivity index (χ3n) is 5.54. The molecule has 0 aromatic heterocycles. The second-order valence-electron chi connectivity index (χ2n) is 9.20. The van der Waals surface area contributed by atoms with E-state index in [1.165, 1.54) is 19.3 Å². The number of hydrogen-bond acceptors (Lipinski definition) is 12. The van der Waals surface area contributed by atoms with Crippen LogP contribution >= 0.6 is 22.6 Å². The number of ether oxygens (including phenoxy) is 11. The van der Waals surface area contributed by atoms with Crippen LogP contribution in [0.5, 0.6) is 0 Å². The van der Waals surface area contributed by atoms with E-state index in [0.29, 0.717) is 132 Å². The molecule has 0 aliphatic rings. The Bertz CT molecular complexity index is 533. The van der Waals surface area contributed by atoms with Crippen molar-refractivity contribution in [2.24, 2.45) is 0 Å². The number of esters is 1. The fourth-order valence-corrected chi connectivity index (χ4v) is 3.61. The van der Waals surface area contributed by atoms with Gasteiger partial charge < -0.3 is 52.1 Å². The highest BCUT2D eigenvalue weighted by atomic mass is 127. The lowest BCUT2D eigenvalue weighted by atomic mass is 10.1. The predicted octanol–water partition coefficient (Wildman–Crippen LogP) is 3.49. The Labute approximate surface area is 273 Å². The SMILES string of the molecule is CCCCCCCC(=O)OCCOCCOCCOCCOCCOCCOCCOCCOCCOCCOCCI. The van der Waals surface area contributed by atoms with Crippen molar-refractivity contribution in [3.8, 4) is 0 Å². The maximum atomic E-state index is 11.6. The van der Waals surface area contributed by atoms with Crippen LogP contribution in [0.15, 0.2) is 0 Å². The van der Waals surface area contributed by atoms with Crippen molar-refractivity contribution in [2.75, 3.05) is 143 Å². The molecule has 0 unspecified atom stereocenters. The molecule has 0 spiro atoms. The molecule has 13 heteroatoms. The lowest BCUT2D eigenvalue weighted by molar-refractivity contribution is -0.145. The molecule has 0 saturated carbocycles. The van der Waals surface area contributed by atoms with Gasteiger partial charge in [0.05, 0.1) is 132 Å². The molecule has 0 aliphatic heterocycles. The molecule has 0 aromatic rings. The Kier molecular flexibility index (Phi) is 39.6. The first-order chi connectivity index (χ1) is 21.3. The van der Waals surface area contributed by atoms with E-state index in [1.807, 2.05) is 0 Å². The minimum atomic E-state index is -0.145. The summed E-state index contributed by atoms with van der Waals surface area (Å²) in [6.07, 6.45) is 6.09. The molecule has 0 amide bonds. The van der Waals surface area contributed by atoms with E-state index in [0.717, 1.165) is 23.9 Å². The lowest BCUT2D eigenvalue weighted by Crippen LogP contribution is -2.15. The largest absolute Gasteiger partial charge is 0.463 e. The molecule has 0 bridgehead atoms. The van der Waals surface area contributed by atoms with E-state index in [1.54, 1.807) is 0 Å². The molecule has 0 heterocycles. The lowest BCUT2D eigenvalue weighted by Gasteiger charge is -2.09. The van der Waals surface area contributed by atoms with Gasteiger partial charge in [0.1, 0.15) is 6.61 Å². The van der Waals surface area contributed by atoms with Gasteiger partial charge >= 0.3 is 5.97 Å². The van der Waals surface area contributed by atoms with E-state index < -0.39 is 0 Å². The van der Waals surface area contributed by atoms with Gasteiger partial charge in [-0.05, 0) is 6.42 Å². The van der Waals surface area contributed by atoms with E-state index in [2.05, 4.69) is 29.5 Å². The van der Waals surface area contributed by atoms with E-state index >= 15 is 0 Å². The second kappa shape index (κ2) is 39.8. The summed E-state index contributed by atoms with van der Waals surface area (Å²) >= 11 is 2.28. The average molecular weight is 739 g/mol. The van der Waals surface area contributed by atoms with Crippen LogP contribution in [0.25, 0.3) is 0 Å². The zero-order valence-electron chi connectivity index (χ0n) is 26.6. The third-order valence-corrected chi connectivity index (χ3v) is 5.99. The second-order valence-corrected chi connectivity index (χ2v) is 10.3. The first-order valence-corrected chi connectivity index (χ1v) is 17.3. The third kappa shape index (κ3) is 39.8. The summed E-state index contributed by atoms with van der Waals surface area (Å²) in [7, 11) is 0. The predicted molar refractivity (Wildman–Crippen MR) is 171 cm³/mol. The van der Waals surface area contributed by atoms with Crippen molar-refractivity contribution < 1.29 is 56.9 Å². The number of hydrogen-bond donors (Lipinski definition) is 0. The van der Waals surface area contributed by atoms with Gasteiger partial charge in [-0.2, -0.15) is 0 Å². The standard InChI is InChI=1S/C30H59IO12/c1-2-3-4-5-6-7-30(32)43-29-28-42-27-26-41-25-24-40-23-22-39-21-20-38-19-18-37-17-16-36-15-14-35-13-12-34-11-10-33-9-8-31/h2-29H2,1H3. The molecule has 0 N–H and O–H groups in total. The molecule has 12 nitrogen and oxygen atoms in total. The van der Waals surface area contributed by atoms with Crippen molar-refractivity contribution in [1.29, 1.82) is 0 Å². The molecule has 258 valence electrons. The summed E-state index contributed by atoms with van der Waals surface area (Å²) in [5.41, 5.74) is 0. The molecule has 0 radical (unpaired) electrons. The van der Waals surface area contributed by atoms with Crippen molar-refractivity contribution in [2.45, 2.75) is 45.4 Å². The van der Waals surface area contributed by atoms with Gasteiger partial charge in [0, 0.05) is 10.8 Å². The molecule has 43 heavy (non-hydrogen) atoms. The maximum absolute atomic E-state index is 11.6. The van der Waals surface area contributed by atoms with Gasteiger partial charge in [0.15, 0.2) is 0 Å². The van der Waals surface area contributed by atoms with Crippen LogP contribution in [0.1, 0.15) is 45.4 Å². The Balaban J connectivity index is 3.08. The van der Waals surface area contributed by atoms with Crippen LogP contribution in [0.3, 0.4) is 0 Å². The number of carbonyl (C=O) groups is 1. The van der Waals surface area contributed by atoms with Gasteiger partial charge in [0.25, 0.3) is 0 Å². The van der Waals surface area contributed by atoms with Crippen molar-refractivity contribution >= 4 is 28.6 Å². The Morgan fingerprint density at radius 1 is 0.395 bits per heavy atom. The maximum Gasteiger partial charge on any atom is 0.305 e. The zero-order chi connectivity index (χ0) is 31.2. The van der Waals surface area contributed by atoms with Crippen molar-refractivity contribution in [3.63, 3.8) is 0 Å². The van der Waals surface area contributed by atoms with Crippen LogP contribution in [-0.4, -0.2) is 149 Å². The smallest absolute Gasteiger partial charge is 0.305 e. The normalized spacial score (nSPS) is 11.4. The molecule has 0 aliphatic carbocycles. The number of alkyl halides is 1. The topological polar surface area (TPSA) is 119 Å². The Morgan fingerprint density at radius 3 is 0.977 bits per heavy atom. The fraction of sp³-hybridized carbons (Fsp3) is 0.967. The van der Waals surface area contributed by atoms with E-state index in [-0.39, 0.29) is 12.6 Å². The van der Waals surface area contributed by atoms with Crippen LogP contribution < -0.4 is 0 Å². The van der Waals surface area contributed by atoms with Gasteiger partial charge in [-0.1, -0.05) is 55.2 Å². The van der Waals surface area contributed by atoms with Crippen molar-refractivity contribution in [3.05, 3.63) is 0 Å². The van der Waals surface area contributed by atoms with Crippen LogP contribution in [0, 0.1) is 0 Å². The number of carbonyl (C=O) groups excluding carboxylic acids is 1. The summed E-state index contributed by atoms with van der Waals surface area (Å²) < 4.78 is 60.5. The van der Waals surface area contributed by atoms with E-state index in [9.17, 15) is 4.79 Å².